The summed E-state index contributed by atoms with van der Waals surface area (Å²) < 4.78 is 10.3. The highest BCUT2D eigenvalue weighted by Crippen LogP contribution is 2.17. The zero-order valence-corrected chi connectivity index (χ0v) is 11.7. The Morgan fingerprint density at radius 3 is 2.89 bits per heavy atom. The van der Waals surface area contributed by atoms with Gasteiger partial charge in [-0.15, -0.1) is 0 Å². The van der Waals surface area contributed by atoms with Crippen LogP contribution in [0.3, 0.4) is 0 Å². The zero-order valence-electron chi connectivity index (χ0n) is 11.7. The highest BCUT2D eigenvalue weighted by Gasteiger charge is 2.09. The number of urea groups is 1. The third-order valence-corrected chi connectivity index (χ3v) is 2.22. The number of aromatic nitrogens is 1. The molecule has 1 rings (SSSR count). The highest BCUT2D eigenvalue weighted by molar-refractivity contribution is 5.88. The largest absolute Gasteiger partial charge is 0.375 e. The average Bonchev–Trinajstić information content (AvgIpc) is 2.76. The first-order chi connectivity index (χ1) is 8.99. The Morgan fingerprint density at radius 2 is 2.32 bits per heavy atom. The van der Waals surface area contributed by atoms with Crippen molar-refractivity contribution in [3.63, 3.8) is 0 Å². The van der Waals surface area contributed by atoms with Crippen molar-refractivity contribution < 1.29 is 14.1 Å². The van der Waals surface area contributed by atoms with Gasteiger partial charge in [0.15, 0.2) is 5.82 Å². The van der Waals surface area contributed by atoms with Crippen molar-refractivity contribution in [2.24, 2.45) is 0 Å². The summed E-state index contributed by atoms with van der Waals surface area (Å²) in [6.45, 7) is 11.0. The molecule has 2 amide bonds. The van der Waals surface area contributed by atoms with Gasteiger partial charge in [0, 0.05) is 18.5 Å². The van der Waals surface area contributed by atoms with Crippen LogP contribution in [0.25, 0.3) is 0 Å². The van der Waals surface area contributed by atoms with Crippen molar-refractivity contribution in [2.75, 3.05) is 25.1 Å². The maximum Gasteiger partial charge on any atom is 0.320 e. The molecule has 0 spiro atoms. The number of carbonyl (C=O) groups excluding carboxylic acids is 1. The van der Waals surface area contributed by atoms with E-state index in [1.54, 1.807) is 6.07 Å². The minimum absolute atomic E-state index is 0.238. The molecule has 0 radical (unpaired) electrons. The summed E-state index contributed by atoms with van der Waals surface area (Å²) in [6.07, 6.45) is 0. The first-order valence-corrected chi connectivity index (χ1v) is 6.22. The van der Waals surface area contributed by atoms with Crippen LogP contribution in [0.15, 0.2) is 22.7 Å². The van der Waals surface area contributed by atoms with E-state index >= 15 is 0 Å². The molecule has 0 bridgehead atoms. The van der Waals surface area contributed by atoms with Crippen molar-refractivity contribution in [3.8, 4) is 0 Å². The molecular weight excluding hydrogens is 246 g/mol. The van der Waals surface area contributed by atoms with Crippen LogP contribution in [0.5, 0.6) is 0 Å². The number of nitrogens with one attached hydrogen (secondary N) is 2. The lowest BCUT2D eigenvalue weighted by atomic mass is 10.2. The van der Waals surface area contributed by atoms with Crippen molar-refractivity contribution in [1.29, 1.82) is 0 Å². The summed E-state index contributed by atoms with van der Waals surface area (Å²) in [7, 11) is 0. The Bertz CT molecular complexity index is 427. The van der Waals surface area contributed by atoms with Crippen LogP contribution in [0.1, 0.15) is 32.4 Å². The topological polar surface area (TPSA) is 76.4 Å². The second-order valence-corrected chi connectivity index (χ2v) is 4.66. The van der Waals surface area contributed by atoms with Gasteiger partial charge in [-0.05, 0) is 6.92 Å². The predicted molar refractivity (Wildman–Crippen MR) is 73.2 cm³/mol. The van der Waals surface area contributed by atoms with Crippen molar-refractivity contribution in [2.45, 2.75) is 26.7 Å². The van der Waals surface area contributed by atoms with E-state index < -0.39 is 0 Å². The van der Waals surface area contributed by atoms with Gasteiger partial charge >= 0.3 is 6.03 Å². The SMILES string of the molecule is C=C(C)COCCNC(=O)Nc1cc(C(C)C)on1. The van der Waals surface area contributed by atoms with Gasteiger partial charge in [0.25, 0.3) is 0 Å². The molecule has 2 N–H and O–H groups in total. The number of carbonyl (C=O) groups is 1. The van der Waals surface area contributed by atoms with E-state index in [1.807, 2.05) is 20.8 Å². The minimum Gasteiger partial charge on any atom is -0.375 e. The number of hydrogen-bond acceptors (Lipinski definition) is 4. The zero-order chi connectivity index (χ0) is 14.3. The van der Waals surface area contributed by atoms with Crippen LogP contribution >= 0.6 is 0 Å². The van der Waals surface area contributed by atoms with E-state index in [0.717, 1.165) is 11.3 Å². The van der Waals surface area contributed by atoms with E-state index in [4.69, 9.17) is 9.26 Å². The van der Waals surface area contributed by atoms with Crippen LogP contribution in [0, 0.1) is 0 Å². The van der Waals surface area contributed by atoms with Gasteiger partial charge in [-0.1, -0.05) is 31.2 Å². The van der Waals surface area contributed by atoms with Gasteiger partial charge in [-0.3, -0.25) is 5.32 Å². The van der Waals surface area contributed by atoms with E-state index in [0.29, 0.717) is 25.6 Å². The number of nitrogens with zero attached hydrogens (tertiary/aromatic N) is 1. The molecule has 6 heteroatoms. The van der Waals surface area contributed by atoms with Gasteiger partial charge in [-0.25, -0.2) is 4.79 Å². The first-order valence-electron chi connectivity index (χ1n) is 6.22. The van der Waals surface area contributed by atoms with E-state index in [1.165, 1.54) is 0 Å². The molecule has 0 aliphatic carbocycles. The van der Waals surface area contributed by atoms with Crippen LogP contribution in [-0.4, -0.2) is 30.9 Å². The normalized spacial score (nSPS) is 10.5. The van der Waals surface area contributed by atoms with Gasteiger partial charge < -0.3 is 14.6 Å². The molecule has 0 atom stereocenters. The van der Waals surface area contributed by atoms with Crippen LogP contribution < -0.4 is 10.6 Å². The molecule has 0 fully saturated rings. The molecule has 19 heavy (non-hydrogen) atoms. The van der Waals surface area contributed by atoms with Gasteiger partial charge in [0.1, 0.15) is 5.76 Å². The lowest BCUT2D eigenvalue weighted by Crippen LogP contribution is -2.31. The van der Waals surface area contributed by atoms with E-state index in [9.17, 15) is 4.79 Å². The fourth-order valence-corrected chi connectivity index (χ4v) is 1.26. The Kier molecular flexibility index (Phi) is 6.08. The number of rotatable bonds is 7. The number of anilines is 1. The lowest BCUT2D eigenvalue weighted by molar-refractivity contribution is 0.159. The lowest BCUT2D eigenvalue weighted by Gasteiger charge is -2.06. The van der Waals surface area contributed by atoms with Crippen molar-refractivity contribution in [1.82, 2.24) is 10.5 Å². The second-order valence-electron chi connectivity index (χ2n) is 4.66. The van der Waals surface area contributed by atoms with Gasteiger partial charge in [0.05, 0.1) is 13.2 Å². The molecular formula is C13H21N3O3. The third-order valence-electron chi connectivity index (χ3n) is 2.22. The fourth-order valence-electron chi connectivity index (χ4n) is 1.26. The third kappa shape index (κ3) is 6.05. The number of hydrogen-bond donors (Lipinski definition) is 2. The van der Waals surface area contributed by atoms with Gasteiger partial charge in [-0.2, -0.15) is 0 Å². The molecule has 0 aromatic carbocycles. The molecule has 1 heterocycles. The molecule has 1 aromatic heterocycles. The second kappa shape index (κ2) is 7.58. The summed E-state index contributed by atoms with van der Waals surface area (Å²) in [5.74, 6) is 1.38. The molecule has 0 aliphatic heterocycles. The van der Waals surface area contributed by atoms with E-state index in [2.05, 4.69) is 22.4 Å². The van der Waals surface area contributed by atoms with Crippen LogP contribution in [-0.2, 0) is 4.74 Å². The summed E-state index contributed by atoms with van der Waals surface area (Å²) in [6, 6.07) is 1.38. The van der Waals surface area contributed by atoms with Crippen molar-refractivity contribution in [3.05, 3.63) is 24.0 Å². The number of ether oxygens (including phenoxy) is 1. The smallest absolute Gasteiger partial charge is 0.320 e. The van der Waals surface area contributed by atoms with Crippen LogP contribution in [0.2, 0.25) is 0 Å². The summed E-state index contributed by atoms with van der Waals surface area (Å²) in [4.78, 5) is 11.5. The standard InChI is InChI=1S/C13H21N3O3/c1-9(2)8-18-6-5-14-13(17)15-12-7-11(10(3)4)19-16-12/h7,10H,1,5-6,8H2,2-4H3,(H2,14,15,16,17). The summed E-state index contributed by atoms with van der Waals surface area (Å²) in [5, 5.41) is 9.00. The molecule has 1 aromatic rings. The van der Waals surface area contributed by atoms with Crippen LogP contribution in [0.4, 0.5) is 10.6 Å². The summed E-state index contributed by atoms with van der Waals surface area (Å²) >= 11 is 0. The maximum absolute atomic E-state index is 11.5. The fraction of sp³-hybridized carbons (Fsp3) is 0.538. The van der Waals surface area contributed by atoms with Gasteiger partial charge in [0.2, 0.25) is 0 Å². The Balaban J connectivity index is 2.21. The molecule has 0 aliphatic rings. The predicted octanol–water partition coefficient (Wildman–Crippen LogP) is 2.51. The highest BCUT2D eigenvalue weighted by atomic mass is 16.5. The molecule has 106 valence electrons. The maximum atomic E-state index is 11.5. The average molecular weight is 267 g/mol. The number of amides is 2. The monoisotopic (exact) mass is 267 g/mol. The Morgan fingerprint density at radius 1 is 1.58 bits per heavy atom. The van der Waals surface area contributed by atoms with Crippen molar-refractivity contribution >= 4 is 11.8 Å². The van der Waals surface area contributed by atoms with E-state index in [-0.39, 0.29) is 11.9 Å². The quantitative estimate of drug-likeness (QED) is 0.588. The Hall–Kier alpha value is -1.82. The Labute approximate surface area is 113 Å². The first kappa shape index (κ1) is 15.2. The molecule has 0 unspecified atom stereocenters. The minimum atomic E-state index is -0.331. The summed E-state index contributed by atoms with van der Waals surface area (Å²) in [5.41, 5.74) is 0.952. The molecule has 0 saturated carbocycles. The molecule has 0 saturated heterocycles. The molecule has 6 nitrogen and oxygen atoms in total.